The van der Waals surface area contributed by atoms with E-state index in [0.29, 0.717) is 11.5 Å². The molecule has 11 heavy (non-hydrogen) atoms. The number of nitrogens with one attached hydrogen (secondary N) is 1. The average Bonchev–Trinajstić information content (AvgIpc) is 2.32. The molecule has 1 aliphatic rings. The number of rotatable bonds is 2. The molecular formula is C10H19N. The van der Waals surface area contributed by atoms with E-state index in [9.17, 15) is 0 Å². The second-order valence-corrected chi connectivity index (χ2v) is 4.58. The van der Waals surface area contributed by atoms with Crippen LogP contribution in [0.1, 0.15) is 33.6 Å². The Hall–Kier alpha value is -0.300. The molecule has 0 saturated heterocycles. The molecule has 64 valence electrons. The van der Waals surface area contributed by atoms with E-state index in [4.69, 9.17) is 0 Å². The minimum Gasteiger partial charge on any atom is -0.313 e. The summed E-state index contributed by atoms with van der Waals surface area (Å²) in [5.41, 5.74) is 0.419. The minimum atomic E-state index is 0.419. The van der Waals surface area contributed by atoms with Crippen LogP contribution in [0.15, 0.2) is 12.2 Å². The Morgan fingerprint density at radius 3 is 2.27 bits per heavy atom. The van der Waals surface area contributed by atoms with Gasteiger partial charge in [0.1, 0.15) is 0 Å². The highest BCUT2D eigenvalue weighted by molar-refractivity contribution is 4.97. The molecule has 0 aliphatic heterocycles. The third-order valence-corrected chi connectivity index (χ3v) is 1.93. The van der Waals surface area contributed by atoms with Gasteiger partial charge in [0.25, 0.3) is 0 Å². The fraction of sp³-hybridized carbons (Fsp3) is 0.800. The molecule has 0 fully saturated rings. The van der Waals surface area contributed by atoms with Crippen LogP contribution >= 0.6 is 0 Å². The van der Waals surface area contributed by atoms with Crippen molar-refractivity contribution >= 4 is 0 Å². The van der Waals surface area contributed by atoms with Crippen molar-refractivity contribution in [2.75, 3.05) is 6.54 Å². The van der Waals surface area contributed by atoms with Gasteiger partial charge in [0.2, 0.25) is 0 Å². The summed E-state index contributed by atoms with van der Waals surface area (Å²) >= 11 is 0. The Labute approximate surface area is 69.9 Å². The predicted molar refractivity (Wildman–Crippen MR) is 49.6 cm³/mol. The van der Waals surface area contributed by atoms with Crippen molar-refractivity contribution < 1.29 is 0 Å². The summed E-state index contributed by atoms with van der Waals surface area (Å²) in [7, 11) is 0. The van der Waals surface area contributed by atoms with Crippen molar-refractivity contribution in [2.24, 2.45) is 5.41 Å². The van der Waals surface area contributed by atoms with Gasteiger partial charge in [0.05, 0.1) is 0 Å². The van der Waals surface area contributed by atoms with Crippen LogP contribution < -0.4 is 5.32 Å². The first-order chi connectivity index (χ1) is 5.08. The van der Waals surface area contributed by atoms with E-state index in [0.717, 1.165) is 6.54 Å². The molecular weight excluding hydrogens is 134 g/mol. The normalized spacial score (nSPS) is 19.5. The molecule has 0 radical (unpaired) electrons. The second-order valence-electron chi connectivity index (χ2n) is 4.58. The summed E-state index contributed by atoms with van der Waals surface area (Å²) in [6, 6.07) is 0.717. The Morgan fingerprint density at radius 1 is 1.27 bits per heavy atom. The van der Waals surface area contributed by atoms with Crippen LogP contribution in [0.3, 0.4) is 0 Å². The highest BCUT2D eigenvalue weighted by atomic mass is 14.9. The van der Waals surface area contributed by atoms with Crippen LogP contribution in [-0.4, -0.2) is 12.6 Å². The summed E-state index contributed by atoms with van der Waals surface area (Å²) in [6.45, 7) is 7.92. The lowest BCUT2D eigenvalue weighted by Gasteiger charge is -2.22. The summed E-state index contributed by atoms with van der Waals surface area (Å²) in [4.78, 5) is 0. The quantitative estimate of drug-likeness (QED) is 0.600. The van der Waals surface area contributed by atoms with Gasteiger partial charge in [-0.2, -0.15) is 0 Å². The highest BCUT2D eigenvalue weighted by Crippen LogP contribution is 2.14. The SMILES string of the molecule is CC(C)(C)CNC1CC=CC1. The van der Waals surface area contributed by atoms with Crippen LogP contribution in [0.5, 0.6) is 0 Å². The van der Waals surface area contributed by atoms with Gasteiger partial charge in [-0.15, -0.1) is 0 Å². The molecule has 0 heterocycles. The Bertz CT molecular complexity index is 133. The minimum absolute atomic E-state index is 0.419. The summed E-state index contributed by atoms with van der Waals surface area (Å²) in [5.74, 6) is 0. The highest BCUT2D eigenvalue weighted by Gasteiger charge is 2.14. The molecule has 1 heteroatoms. The van der Waals surface area contributed by atoms with E-state index in [1.54, 1.807) is 0 Å². The molecule has 0 unspecified atom stereocenters. The van der Waals surface area contributed by atoms with E-state index in [1.807, 2.05) is 0 Å². The first-order valence-electron chi connectivity index (χ1n) is 4.46. The van der Waals surface area contributed by atoms with E-state index in [1.165, 1.54) is 12.8 Å². The second kappa shape index (κ2) is 3.40. The molecule has 0 atom stereocenters. The third-order valence-electron chi connectivity index (χ3n) is 1.93. The lowest BCUT2D eigenvalue weighted by atomic mass is 9.96. The largest absolute Gasteiger partial charge is 0.313 e. The van der Waals surface area contributed by atoms with Crippen molar-refractivity contribution in [1.29, 1.82) is 0 Å². The smallest absolute Gasteiger partial charge is 0.0136 e. The van der Waals surface area contributed by atoms with Gasteiger partial charge < -0.3 is 5.32 Å². The standard InChI is InChI=1S/C10H19N/c1-10(2,3)8-11-9-6-4-5-7-9/h4-5,9,11H,6-8H2,1-3H3. The van der Waals surface area contributed by atoms with Crippen LogP contribution in [0.25, 0.3) is 0 Å². The van der Waals surface area contributed by atoms with E-state index in [2.05, 4.69) is 38.2 Å². The van der Waals surface area contributed by atoms with Crippen LogP contribution in [0.4, 0.5) is 0 Å². The fourth-order valence-electron chi connectivity index (χ4n) is 1.23. The summed E-state index contributed by atoms with van der Waals surface area (Å²) in [5, 5.41) is 3.56. The zero-order valence-electron chi connectivity index (χ0n) is 7.85. The number of hydrogen-bond acceptors (Lipinski definition) is 1. The van der Waals surface area contributed by atoms with Gasteiger partial charge >= 0.3 is 0 Å². The predicted octanol–water partition coefficient (Wildman–Crippen LogP) is 2.34. The van der Waals surface area contributed by atoms with Crippen molar-refractivity contribution in [3.63, 3.8) is 0 Å². The Morgan fingerprint density at radius 2 is 1.82 bits per heavy atom. The molecule has 0 aromatic heterocycles. The third kappa shape index (κ3) is 3.57. The van der Waals surface area contributed by atoms with Crippen LogP contribution in [0.2, 0.25) is 0 Å². The van der Waals surface area contributed by atoms with Crippen molar-refractivity contribution in [1.82, 2.24) is 5.32 Å². The lowest BCUT2D eigenvalue weighted by Crippen LogP contribution is -2.34. The fourth-order valence-corrected chi connectivity index (χ4v) is 1.23. The van der Waals surface area contributed by atoms with E-state index < -0.39 is 0 Å². The maximum atomic E-state index is 3.56. The molecule has 0 aromatic rings. The summed E-state index contributed by atoms with van der Waals surface area (Å²) in [6.07, 6.45) is 6.97. The average molecular weight is 153 g/mol. The zero-order valence-corrected chi connectivity index (χ0v) is 7.85. The van der Waals surface area contributed by atoms with Crippen molar-refractivity contribution in [3.05, 3.63) is 12.2 Å². The molecule has 1 aliphatic carbocycles. The lowest BCUT2D eigenvalue weighted by molar-refractivity contribution is 0.354. The molecule has 1 N–H and O–H groups in total. The Balaban J connectivity index is 2.13. The monoisotopic (exact) mass is 153 g/mol. The zero-order chi connectivity index (χ0) is 8.32. The Kier molecular flexibility index (Phi) is 2.72. The molecule has 0 bridgehead atoms. The maximum absolute atomic E-state index is 3.56. The van der Waals surface area contributed by atoms with Gasteiger partial charge in [0, 0.05) is 12.6 Å². The van der Waals surface area contributed by atoms with Gasteiger partial charge in [-0.25, -0.2) is 0 Å². The topological polar surface area (TPSA) is 12.0 Å². The number of hydrogen-bond donors (Lipinski definition) is 1. The van der Waals surface area contributed by atoms with Gasteiger partial charge in [-0.05, 0) is 18.3 Å². The molecule has 1 rings (SSSR count). The van der Waals surface area contributed by atoms with E-state index in [-0.39, 0.29) is 0 Å². The molecule has 0 amide bonds. The van der Waals surface area contributed by atoms with Gasteiger partial charge in [0.15, 0.2) is 0 Å². The molecule has 0 aromatic carbocycles. The van der Waals surface area contributed by atoms with Crippen molar-refractivity contribution in [2.45, 2.75) is 39.7 Å². The van der Waals surface area contributed by atoms with Gasteiger partial charge in [-0.3, -0.25) is 0 Å². The molecule has 1 nitrogen and oxygen atoms in total. The maximum Gasteiger partial charge on any atom is 0.0136 e. The molecule has 0 saturated carbocycles. The van der Waals surface area contributed by atoms with Crippen LogP contribution in [0, 0.1) is 5.41 Å². The first-order valence-corrected chi connectivity index (χ1v) is 4.46. The first kappa shape index (κ1) is 8.79. The van der Waals surface area contributed by atoms with Crippen LogP contribution in [-0.2, 0) is 0 Å². The van der Waals surface area contributed by atoms with Gasteiger partial charge in [-0.1, -0.05) is 32.9 Å². The van der Waals surface area contributed by atoms with Crippen molar-refractivity contribution in [3.8, 4) is 0 Å². The molecule has 0 spiro atoms. The van der Waals surface area contributed by atoms with E-state index >= 15 is 0 Å². The summed E-state index contributed by atoms with van der Waals surface area (Å²) < 4.78 is 0.